The standard InChI is InChI=1S/C15H18N8O/c1-11(2)14-4-3-13(9-16-14)22(10-12-7-18-19-8-12)15(24)23-6-5-17-20-21-23/h3-9,11H,10H2,1-2H3,(H,17,21)(H,18,19). The molecule has 2 aromatic heterocycles. The molecule has 0 saturated heterocycles. The van der Waals surface area contributed by atoms with E-state index < -0.39 is 0 Å². The molecule has 0 unspecified atom stereocenters. The number of aromatic amines is 1. The van der Waals surface area contributed by atoms with Crippen molar-refractivity contribution < 1.29 is 4.79 Å². The lowest BCUT2D eigenvalue weighted by atomic mass is 10.1. The number of rotatable bonds is 4. The molecule has 0 atom stereocenters. The summed E-state index contributed by atoms with van der Waals surface area (Å²) in [5.41, 5.74) is 5.08. The van der Waals surface area contributed by atoms with Gasteiger partial charge in [0.05, 0.1) is 37.0 Å². The summed E-state index contributed by atoms with van der Waals surface area (Å²) in [6, 6.07) is 3.51. The predicted molar refractivity (Wildman–Crippen MR) is 87.5 cm³/mol. The molecule has 0 aliphatic carbocycles. The predicted octanol–water partition coefficient (Wildman–Crippen LogP) is 2.71. The largest absolute Gasteiger partial charge is 0.349 e. The Balaban J connectivity index is 1.87. The number of nitrogens with zero attached hydrogens (tertiary/aromatic N) is 6. The third-order valence-electron chi connectivity index (χ3n) is 3.50. The van der Waals surface area contributed by atoms with Gasteiger partial charge >= 0.3 is 6.03 Å². The Morgan fingerprint density at radius 3 is 2.79 bits per heavy atom. The van der Waals surface area contributed by atoms with Crippen molar-refractivity contribution in [3.8, 4) is 0 Å². The van der Waals surface area contributed by atoms with Crippen LogP contribution in [-0.4, -0.2) is 26.2 Å². The Kier molecular flexibility index (Phi) is 4.50. The van der Waals surface area contributed by atoms with Gasteiger partial charge in [0.15, 0.2) is 0 Å². The SMILES string of the molecule is CC(C)c1ccc(N(Cc2cn[nH]c2)C(=O)N2C=CN=NN2)cn1. The molecule has 0 saturated carbocycles. The normalized spacial score (nSPS) is 13.2. The Hall–Kier alpha value is -3.23. The van der Waals surface area contributed by atoms with Crippen LogP contribution in [0.5, 0.6) is 0 Å². The number of amides is 2. The Morgan fingerprint density at radius 2 is 2.21 bits per heavy atom. The molecule has 124 valence electrons. The second-order valence-corrected chi connectivity index (χ2v) is 5.55. The molecule has 2 N–H and O–H groups in total. The highest BCUT2D eigenvalue weighted by molar-refractivity contribution is 5.92. The lowest BCUT2D eigenvalue weighted by molar-refractivity contribution is 0.200. The summed E-state index contributed by atoms with van der Waals surface area (Å²) in [6.45, 7) is 4.49. The van der Waals surface area contributed by atoms with Gasteiger partial charge in [-0.3, -0.25) is 15.0 Å². The molecule has 0 radical (unpaired) electrons. The number of hydrogen-bond donors (Lipinski definition) is 2. The number of carbonyl (C=O) groups excluding carboxylic acids is 1. The molecule has 9 heteroatoms. The maximum atomic E-state index is 12.8. The average molecular weight is 326 g/mol. The monoisotopic (exact) mass is 326 g/mol. The molecule has 3 heterocycles. The van der Waals surface area contributed by atoms with Crippen LogP contribution >= 0.6 is 0 Å². The fraction of sp³-hybridized carbons (Fsp3) is 0.267. The Bertz CT molecular complexity index is 735. The maximum Gasteiger partial charge on any atom is 0.349 e. The number of anilines is 1. The van der Waals surface area contributed by atoms with E-state index in [1.807, 2.05) is 12.1 Å². The van der Waals surface area contributed by atoms with E-state index in [9.17, 15) is 4.79 Å². The Morgan fingerprint density at radius 1 is 1.33 bits per heavy atom. The van der Waals surface area contributed by atoms with Crippen LogP contribution in [0.25, 0.3) is 0 Å². The van der Waals surface area contributed by atoms with Crippen molar-refractivity contribution in [3.05, 3.63) is 54.4 Å². The van der Waals surface area contributed by atoms with Gasteiger partial charge < -0.3 is 0 Å². The third-order valence-corrected chi connectivity index (χ3v) is 3.50. The fourth-order valence-electron chi connectivity index (χ4n) is 2.19. The summed E-state index contributed by atoms with van der Waals surface area (Å²) in [5.74, 6) is 0.323. The van der Waals surface area contributed by atoms with Crippen LogP contribution in [0, 0.1) is 0 Å². The van der Waals surface area contributed by atoms with Crippen molar-refractivity contribution in [2.45, 2.75) is 26.3 Å². The second kappa shape index (κ2) is 6.90. The summed E-state index contributed by atoms with van der Waals surface area (Å²) in [6.07, 6.45) is 8.06. The van der Waals surface area contributed by atoms with Crippen molar-refractivity contribution in [2.24, 2.45) is 10.3 Å². The first-order valence-corrected chi connectivity index (χ1v) is 7.51. The number of hydrazine groups is 1. The van der Waals surface area contributed by atoms with E-state index in [1.165, 1.54) is 17.4 Å². The summed E-state index contributed by atoms with van der Waals surface area (Å²) in [4.78, 5) is 18.8. The zero-order valence-corrected chi connectivity index (χ0v) is 13.4. The number of urea groups is 1. The van der Waals surface area contributed by atoms with Crippen LogP contribution in [0.3, 0.4) is 0 Å². The summed E-state index contributed by atoms with van der Waals surface area (Å²) >= 11 is 0. The molecule has 9 nitrogen and oxygen atoms in total. The van der Waals surface area contributed by atoms with Crippen LogP contribution in [0.4, 0.5) is 10.5 Å². The van der Waals surface area contributed by atoms with E-state index in [2.05, 4.69) is 44.9 Å². The lowest BCUT2D eigenvalue weighted by Gasteiger charge is -2.27. The molecular formula is C15H18N8O. The molecule has 0 bridgehead atoms. The van der Waals surface area contributed by atoms with Crippen molar-refractivity contribution in [1.82, 2.24) is 25.7 Å². The molecule has 0 aromatic carbocycles. The topological polar surface area (TPSA) is 102 Å². The fourth-order valence-corrected chi connectivity index (χ4v) is 2.19. The van der Waals surface area contributed by atoms with Gasteiger partial charge in [-0.15, -0.1) is 5.11 Å². The number of nitrogens with one attached hydrogen (secondary N) is 2. The van der Waals surface area contributed by atoms with Crippen molar-refractivity contribution >= 4 is 11.7 Å². The van der Waals surface area contributed by atoms with Gasteiger partial charge in [-0.05, 0) is 18.1 Å². The maximum absolute atomic E-state index is 12.8. The minimum absolute atomic E-state index is 0.301. The van der Waals surface area contributed by atoms with Crippen molar-refractivity contribution in [3.63, 3.8) is 0 Å². The molecule has 0 spiro atoms. The first-order chi connectivity index (χ1) is 11.6. The highest BCUT2D eigenvalue weighted by Gasteiger charge is 2.23. The van der Waals surface area contributed by atoms with E-state index in [1.54, 1.807) is 23.5 Å². The van der Waals surface area contributed by atoms with Gasteiger partial charge in [0.2, 0.25) is 0 Å². The zero-order valence-electron chi connectivity index (χ0n) is 13.4. The summed E-state index contributed by atoms with van der Waals surface area (Å²) in [5, 5.41) is 15.2. The van der Waals surface area contributed by atoms with Crippen molar-refractivity contribution in [1.29, 1.82) is 0 Å². The number of H-pyrrole nitrogens is 1. The zero-order chi connectivity index (χ0) is 16.9. The van der Waals surface area contributed by atoms with Gasteiger partial charge in [0.1, 0.15) is 0 Å². The van der Waals surface area contributed by atoms with E-state index in [4.69, 9.17) is 0 Å². The first-order valence-electron chi connectivity index (χ1n) is 7.51. The van der Waals surface area contributed by atoms with E-state index in [0.29, 0.717) is 18.2 Å². The van der Waals surface area contributed by atoms with Crippen LogP contribution in [0.2, 0.25) is 0 Å². The van der Waals surface area contributed by atoms with Gasteiger partial charge in [-0.2, -0.15) is 15.6 Å². The van der Waals surface area contributed by atoms with Gasteiger partial charge in [-0.1, -0.05) is 19.1 Å². The molecule has 3 rings (SSSR count). The molecule has 1 aliphatic heterocycles. The molecule has 24 heavy (non-hydrogen) atoms. The van der Waals surface area contributed by atoms with Crippen LogP contribution in [0.1, 0.15) is 31.0 Å². The minimum Gasteiger partial charge on any atom is -0.286 e. The number of pyridine rings is 1. The van der Waals surface area contributed by atoms with Crippen LogP contribution in [0.15, 0.2) is 53.5 Å². The Labute approximate surface area is 139 Å². The van der Waals surface area contributed by atoms with E-state index in [-0.39, 0.29) is 6.03 Å². The third kappa shape index (κ3) is 3.40. The lowest BCUT2D eigenvalue weighted by Crippen LogP contribution is -2.45. The minimum atomic E-state index is -0.301. The van der Waals surface area contributed by atoms with Crippen LogP contribution < -0.4 is 10.4 Å². The molecule has 1 aliphatic rings. The highest BCUT2D eigenvalue weighted by atomic mass is 16.2. The van der Waals surface area contributed by atoms with Gasteiger partial charge in [0.25, 0.3) is 0 Å². The second-order valence-electron chi connectivity index (χ2n) is 5.55. The highest BCUT2D eigenvalue weighted by Crippen LogP contribution is 2.21. The molecule has 0 fully saturated rings. The number of hydrogen-bond acceptors (Lipinski definition) is 6. The summed E-state index contributed by atoms with van der Waals surface area (Å²) in [7, 11) is 0. The molecule has 2 aromatic rings. The van der Waals surface area contributed by atoms with Gasteiger partial charge in [-0.25, -0.2) is 4.79 Å². The first kappa shape index (κ1) is 15.7. The van der Waals surface area contributed by atoms with E-state index in [0.717, 1.165) is 11.3 Å². The van der Waals surface area contributed by atoms with E-state index >= 15 is 0 Å². The molecule has 2 amide bonds. The van der Waals surface area contributed by atoms with Gasteiger partial charge in [0, 0.05) is 17.5 Å². The quantitative estimate of drug-likeness (QED) is 0.901. The van der Waals surface area contributed by atoms with Crippen molar-refractivity contribution in [2.75, 3.05) is 4.90 Å². The number of carbonyl (C=O) groups is 1. The summed E-state index contributed by atoms with van der Waals surface area (Å²) < 4.78 is 0. The molecular weight excluding hydrogens is 308 g/mol. The van der Waals surface area contributed by atoms with Crippen LogP contribution in [-0.2, 0) is 6.54 Å². The average Bonchev–Trinajstić information content (AvgIpc) is 3.13. The smallest absolute Gasteiger partial charge is 0.286 e. The number of aromatic nitrogens is 3.